The average Bonchev–Trinajstić information content (AvgIpc) is 2.12. The number of hydrogen-bond acceptors (Lipinski definition) is 2. The van der Waals surface area contributed by atoms with Gasteiger partial charge in [0.2, 0.25) is 0 Å². The van der Waals surface area contributed by atoms with Crippen LogP contribution < -0.4 is 0 Å². The Balaban J connectivity index is 2.80. The molecule has 0 aromatic carbocycles. The van der Waals surface area contributed by atoms with Crippen molar-refractivity contribution in [1.29, 1.82) is 0 Å². The molecule has 0 saturated heterocycles. The Bertz CT molecular complexity index is 287. The molecule has 0 aliphatic carbocycles. The summed E-state index contributed by atoms with van der Waals surface area (Å²) in [5.41, 5.74) is 3.87. The molecule has 78 valence electrons. The first-order chi connectivity index (χ1) is 6.63. The summed E-state index contributed by atoms with van der Waals surface area (Å²) in [5, 5.41) is 10.8. The molecule has 0 aromatic rings. The molecular weight excluding hydrogens is 174 g/mol. The fourth-order valence-corrected chi connectivity index (χ4v) is 1.62. The van der Waals surface area contributed by atoms with Crippen molar-refractivity contribution in [3.8, 4) is 0 Å². The van der Waals surface area contributed by atoms with Crippen molar-refractivity contribution in [2.75, 3.05) is 13.1 Å². The molecule has 0 atom stereocenters. The van der Waals surface area contributed by atoms with Crippen LogP contribution in [0.4, 0.5) is 0 Å². The molecule has 1 aliphatic heterocycles. The van der Waals surface area contributed by atoms with Crippen LogP contribution in [0.5, 0.6) is 0 Å². The molecule has 2 nitrogen and oxygen atoms in total. The molecule has 0 bridgehead atoms. The van der Waals surface area contributed by atoms with Crippen LogP contribution in [0.3, 0.4) is 0 Å². The predicted molar refractivity (Wildman–Crippen MR) is 59.2 cm³/mol. The zero-order chi connectivity index (χ0) is 10.6. The Labute approximate surface area is 86.2 Å². The first kappa shape index (κ1) is 11.2. The van der Waals surface area contributed by atoms with E-state index in [1.165, 1.54) is 21.8 Å². The molecule has 1 rings (SSSR count). The van der Waals surface area contributed by atoms with E-state index in [2.05, 4.69) is 26.0 Å². The fraction of sp³-hybridized carbons (Fsp3) is 0.500. The zero-order valence-corrected chi connectivity index (χ0v) is 9.25. The van der Waals surface area contributed by atoms with Crippen LogP contribution in [0.15, 0.2) is 34.9 Å². The topological polar surface area (TPSA) is 23.5 Å². The second-order valence-corrected chi connectivity index (χ2v) is 3.83. The summed E-state index contributed by atoms with van der Waals surface area (Å²) in [6.07, 6.45) is 7.22. The van der Waals surface area contributed by atoms with E-state index in [9.17, 15) is 5.21 Å². The van der Waals surface area contributed by atoms with Crippen molar-refractivity contribution in [3.05, 3.63) is 34.9 Å². The Morgan fingerprint density at radius 3 is 2.86 bits per heavy atom. The molecule has 14 heavy (non-hydrogen) atoms. The number of rotatable bonds is 2. The summed E-state index contributed by atoms with van der Waals surface area (Å²) in [5.74, 6) is 0. The van der Waals surface area contributed by atoms with Crippen molar-refractivity contribution in [3.63, 3.8) is 0 Å². The summed E-state index contributed by atoms with van der Waals surface area (Å²) in [6, 6.07) is 0. The van der Waals surface area contributed by atoms with Crippen LogP contribution in [-0.2, 0) is 0 Å². The van der Waals surface area contributed by atoms with Crippen LogP contribution >= 0.6 is 0 Å². The monoisotopic (exact) mass is 193 g/mol. The van der Waals surface area contributed by atoms with E-state index in [1.54, 1.807) is 0 Å². The SMILES string of the molecule is C/C=C\C(C)=C/C1=C(C)CCN(O)C1. The second-order valence-electron chi connectivity index (χ2n) is 3.83. The zero-order valence-electron chi connectivity index (χ0n) is 9.25. The normalized spacial score (nSPS) is 21.0. The minimum absolute atomic E-state index is 0.653. The highest BCUT2D eigenvalue weighted by Gasteiger charge is 2.12. The van der Waals surface area contributed by atoms with Gasteiger partial charge in [0.15, 0.2) is 0 Å². The molecule has 0 radical (unpaired) electrons. The van der Waals surface area contributed by atoms with E-state index in [-0.39, 0.29) is 0 Å². The summed E-state index contributed by atoms with van der Waals surface area (Å²) in [4.78, 5) is 0. The highest BCUT2D eigenvalue weighted by atomic mass is 16.5. The van der Waals surface area contributed by atoms with Gasteiger partial charge in [-0.05, 0) is 32.8 Å². The van der Waals surface area contributed by atoms with E-state index in [0.717, 1.165) is 13.0 Å². The summed E-state index contributed by atoms with van der Waals surface area (Å²) in [6.45, 7) is 7.64. The van der Waals surface area contributed by atoms with Crippen LogP contribution in [0, 0.1) is 0 Å². The van der Waals surface area contributed by atoms with Crippen molar-refractivity contribution >= 4 is 0 Å². The number of hydroxylamine groups is 2. The van der Waals surface area contributed by atoms with E-state index >= 15 is 0 Å². The van der Waals surface area contributed by atoms with Crippen molar-refractivity contribution < 1.29 is 5.21 Å². The van der Waals surface area contributed by atoms with Gasteiger partial charge in [-0.2, -0.15) is 5.06 Å². The second kappa shape index (κ2) is 5.13. The van der Waals surface area contributed by atoms with E-state index in [0.29, 0.717) is 6.54 Å². The maximum Gasteiger partial charge on any atom is 0.0488 e. The van der Waals surface area contributed by atoms with Crippen molar-refractivity contribution in [2.45, 2.75) is 27.2 Å². The fourth-order valence-electron chi connectivity index (χ4n) is 1.62. The lowest BCUT2D eigenvalue weighted by Gasteiger charge is -2.23. The third-order valence-electron chi connectivity index (χ3n) is 2.48. The number of nitrogens with zero attached hydrogens (tertiary/aromatic N) is 1. The van der Waals surface area contributed by atoms with Gasteiger partial charge in [0, 0.05) is 13.1 Å². The van der Waals surface area contributed by atoms with Gasteiger partial charge in [0.05, 0.1) is 0 Å². The summed E-state index contributed by atoms with van der Waals surface area (Å²) < 4.78 is 0. The number of hydrogen-bond donors (Lipinski definition) is 1. The molecule has 0 saturated carbocycles. The van der Waals surface area contributed by atoms with Gasteiger partial charge >= 0.3 is 0 Å². The molecule has 0 unspecified atom stereocenters. The van der Waals surface area contributed by atoms with Crippen LogP contribution in [0.1, 0.15) is 27.2 Å². The van der Waals surface area contributed by atoms with Crippen LogP contribution in [0.25, 0.3) is 0 Å². The Morgan fingerprint density at radius 2 is 2.21 bits per heavy atom. The van der Waals surface area contributed by atoms with Gasteiger partial charge in [-0.1, -0.05) is 29.4 Å². The smallest absolute Gasteiger partial charge is 0.0488 e. The molecule has 2 heteroatoms. The van der Waals surface area contributed by atoms with Gasteiger partial charge in [-0.15, -0.1) is 0 Å². The average molecular weight is 193 g/mol. The number of allylic oxidation sites excluding steroid dienone is 3. The molecule has 1 aliphatic rings. The highest BCUT2D eigenvalue weighted by molar-refractivity contribution is 5.33. The van der Waals surface area contributed by atoms with Gasteiger partial charge in [0.1, 0.15) is 0 Å². The summed E-state index contributed by atoms with van der Waals surface area (Å²) >= 11 is 0. The van der Waals surface area contributed by atoms with Crippen molar-refractivity contribution in [2.24, 2.45) is 0 Å². The molecule has 0 fully saturated rings. The Kier molecular flexibility index (Phi) is 4.11. The van der Waals surface area contributed by atoms with E-state index in [4.69, 9.17) is 0 Å². The van der Waals surface area contributed by atoms with Gasteiger partial charge in [-0.25, -0.2) is 0 Å². The largest absolute Gasteiger partial charge is 0.314 e. The molecule has 0 aromatic heterocycles. The third kappa shape index (κ3) is 3.13. The molecule has 1 heterocycles. The van der Waals surface area contributed by atoms with Crippen molar-refractivity contribution in [1.82, 2.24) is 5.06 Å². The third-order valence-corrected chi connectivity index (χ3v) is 2.48. The maximum atomic E-state index is 9.39. The minimum atomic E-state index is 0.653. The highest BCUT2D eigenvalue weighted by Crippen LogP contribution is 2.18. The van der Waals surface area contributed by atoms with Gasteiger partial charge in [-0.3, -0.25) is 0 Å². The molecule has 0 spiro atoms. The Hall–Kier alpha value is -0.860. The lowest BCUT2D eigenvalue weighted by Crippen LogP contribution is -2.27. The minimum Gasteiger partial charge on any atom is -0.314 e. The van der Waals surface area contributed by atoms with Crippen LogP contribution in [0.2, 0.25) is 0 Å². The lowest BCUT2D eigenvalue weighted by molar-refractivity contribution is -0.0847. The van der Waals surface area contributed by atoms with Crippen LogP contribution in [-0.4, -0.2) is 23.4 Å². The first-order valence-corrected chi connectivity index (χ1v) is 5.07. The standard InChI is InChI=1S/C12H19NO/c1-4-5-10(2)8-12-9-13(14)7-6-11(12)3/h4-5,8,14H,6-7,9H2,1-3H3/b5-4-,10-8-. The summed E-state index contributed by atoms with van der Waals surface area (Å²) in [7, 11) is 0. The van der Waals surface area contributed by atoms with E-state index < -0.39 is 0 Å². The predicted octanol–water partition coefficient (Wildman–Crippen LogP) is 2.92. The quantitative estimate of drug-likeness (QED) is 0.682. The van der Waals surface area contributed by atoms with Gasteiger partial charge in [0.25, 0.3) is 0 Å². The molecule has 1 N–H and O–H groups in total. The van der Waals surface area contributed by atoms with Gasteiger partial charge < -0.3 is 5.21 Å². The maximum absolute atomic E-state index is 9.39. The van der Waals surface area contributed by atoms with E-state index in [1.807, 2.05) is 13.0 Å². The Morgan fingerprint density at radius 1 is 1.50 bits per heavy atom. The lowest BCUT2D eigenvalue weighted by atomic mass is 10.0. The molecule has 0 amide bonds. The molecular formula is C12H19NO. The first-order valence-electron chi connectivity index (χ1n) is 5.07.